The summed E-state index contributed by atoms with van der Waals surface area (Å²) >= 11 is 0. The molecule has 0 aromatic heterocycles. The molecule has 0 saturated heterocycles. The molecule has 134 valence electrons. The van der Waals surface area contributed by atoms with Crippen molar-refractivity contribution in [3.05, 3.63) is 59.7 Å². The molecule has 3 nitrogen and oxygen atoms in total. The van der Waals surface area contributed by atoms with Gasteiger partial charge in [0.1, 0.15) is 17.6 Å². The van der Waals surface area contributed by atoms with Gasteiger partial charge in [-0.05, 0) is 67.9 Å². The third-order valence-electron chi connectivity index (χ3n) is 5.17. The van der Waals surface area contributed by atoms with Crippen LogP contribution in [0.5, 0.6) is 11.5 Å². The minimum absolute atomic E-state index is 0. The summed E-state index contributed by atoms with van der Waals surface area (Å²) in [5, 5.41) is 0. The quantitative estimate of drug-likeness (QED) is 0.854. The summed E-state index contributed by atoms with van der Waals surface area (Å²) < 4.78 is 12.4. The zero-order valence-corrected chi connectivity index (χ0v) is 15.2. The number of fused-ring (bicyclic) bond motifs is 1. The first-order valence-electron chi connectivity index (χ1n) is 9.05. The van der Waals surface area contributed by atoms with E-state index in [0.29, 0.717) is 12.1 Å². The summed E-state index contributed by atoms with van der Waals surface area (Å²) in [7, 11) is 0. The smallest absolute Gasteiger partial charge is 0.124 e. The van der Waals surface area contributed by atoms with Crippen LogP contribution in [-0.4, -0.2) is 12.1 Å². The van der Waals surface area contributed by atoms with Gasteiger partial charge in [0, 0.05) is 6.04 Å². The SMILES string of the molecule is Cl.NC1CCC(Oc2ccc3c(c2)CC[C@@H](c2ccccc2)O3)CC1. The van der Waals surface area contributed by atoms with Crippen molar-refractivity contribution >= 4 is 12.4 Å². The standard InChI is InChI=1S/C21H25NO2.ClH/c22-17-7-9-18(10-8-17)23-19-11-13-21-16(14-19)6-12-20(24-21)15-4-2-1-3-5-15;/h1-5,11,13-14,17-18,20H,6-10,12,22H2;1H/t17?,18?,20-;/m0./s1. The Bertz CT molecular complexity index is 684. The van der Waals surface area contributed by atoms with Gasteiger partial charge in [0.05, 0.1) is 6.10 Å². The number of aryl methyl sites for hydroxylation is 1. The van der Waals surface area contributed by atoms with Gasteiger partial charge in [0.25, 0.3) is 0 Å². The predicted octanol–water partition coefficient (Wildman–Crippen LogP) is 4.82. The second kappa shape index (κ2) is 8.11. The Kier molecular flexibility index (Phi) is 5.87. The monoisotopic (exact) mass is 359 g/mol. The first-order valence-corrected chi connectivity index (χ1v) is 9.05. The van der Waals surface area contributed by atoms with Crippen LogP contribution in [0.2, 0.25) is 0 Å². The molecule has 0 bridgehead atoms. The molecule has 0 spiro atoms. The molecular weight excluding hydrogens is 334 g/mol. The fourth-order valence-electron chi connectivity index (χ4n) is 3.74. The highest BCUT2D eigenvalue weighted by atomic mass is 35.5. The lowest BCUT2D eigenvalue weighted by Crippen LogP contribution is -2.31. The maximum atomic E-state index is 6.20. The van der Waals surface area contributed by atoms with Crippen LogP contribution >= 0.6 is 12.4 Å². The number of nitrogens with two attached hydrogens (primary N) is 1. The van der Waals surface area contributed by atoms with E-state index in [-0.39, 0.29) is 18.5 Å². The normalized spacial score (nSPS) is 25.2. The maximum absolute atomic E-state index is 6.20. The Labute approximate surface area is 155 Å². The van der Waals surface area contributed by atoms with Crippen LogP contribution in [0.4, 0.5) is 0 Å². The number of hydrogen-bond acceptors (Lipinski definition) is 3. The lowest BCUT2D eigenvalue weighted by Gasteiger charge is -2.29. The summed E-state index contributed by atoms with van der Waals surface area (Å²) in [5.74, 6) is 1.96. The molecule has 1 saturated carbocycles. The molecule has 4 heteroatoms. The molecule has 2 aromatic carbocycles. The van der Waals surface area contributed by atoms with Crippen molar-refractivity contribution in [2.24, 2.45) is 5.73 Å². The van der Waals surface area contributed by atoms with E-state index in [1.807, 2.05) is 12.1 Å². The van der Waals surface area contributed by atoms with Gasteiger partial charge in [-0.2, -0.15) is 0 Å². The molecule has 1 atom stereocenters. The van der Waals surface area contributed by atoms with E-state index < -0.39 is 0 Å². The summed E-state index contributed by atoms with van der Waals surface area (Å²) in [5.41, 5.74) is 8.48. The number of halogens is 1. The van der Waals surface area contributed by atoms with E-state index in [2.05, 4.69) is 36.4 Å². The Morgan fingerprint density at radius 1 is 0.920 bits per heavy atom. The number of benzene rings is 2. The molecule has 1 aliphatic heterocycles. The van der Waals surface area contributed by atoms with Crippen LogP contribution in [0, 0.1) is 0 Å². The predicted molar refractivity (Wildman–Crippen MR) is 103 cm³/mol. The van der Waals surface area contributed by atoms with E-state index in [4.69, 9.17) is 15.2 Å². The molecule has 1 fully saturated rings. The molecule has 25 heavy (non-hydrogen) atoms. The minimum Gasteiger partial charge on any atom is -0.490 e. The zero-order valence-electron chi connectivity index (χ0n) is 14.4. The summed E-state index contributed by atoms with van der Waals surface area (Å²) in [6, 6.07) is 17.1. The molecule has 2 aliphatic rings. The zero-order chi connectivity index (χ0) is 16.4. The van der Waals surface area contributed by atoms with Crippen molar-refractivity contribution in [2.45, 2.75) is 56.8 Å². The van der Waals surface area contributed by atoms with Gasteiger partial charge in [0.2, 0.25) is 0 Å². The second-order valence-electron chi connectivity index (χ2n) is 6.98. The summed E-state index contributed by atoms with van der Waals surface area (Å²) in [4.78, 5) is 0. The van der Waals surface area contributed by atoms with Crippen molar-refractivity contribution in [1.82, 2.24) is 0 Å². The van der Waals surface area contributed by atoms with E-state index >= 15 is 0 Å². The van der Waals surface area contributed by atoms with Crippen molar-refractivity contribution in [2.75, 3.05) is 0 Å². The molecule has 0 radical (unpaired) electrons. The van der Waals surface area contributed by atoms with Crippen LogP contribution in [0.15, 0.2) is 48.5 Å². The van der Waals surface area contributed by atoms with Gasteiger partial charge in [0.15, 0.2) is 0 Å². The van der Waals surface area contributed by atoms with Gasteiger partial charge in [-0.1, -0.05) is 30.3 Å². The second-order valence-corrected chi connectivity index (χ2v) is 6.98. The van der Waals surface area contributed by atoms with Crippen LogP contribution in [0.3, 0.4) is 0 Å². The molecular formula is C21H26ClNO2. The van der Waals surface area contributed by atoms with Crippen molar-refractivity contribution < 1.29 is 9.47 Å². The van der Waals surface area contributed by atoms with Crippen LogP contribution in [0.25, 0.3) is 0 Å². The van der Waals surface area contributed by atoms with E-state index in [1.54, 1.807) is 0 Å². The maximum Gasteiger partial charge on any atom is 0.124 e. The first-order chi connectivity index (χ1) is 11.8. The van der Waals surface area contributed by atoms with Gasteiger partial charge in [-0.3, -0.25) is 0 Å². The average molecular weight is 360 g/mol. The van der Waals surface area contributed by atoms with E-state index in [1.165, 1.54) is 11.1 Å². The molecule has 0 unspecified atom stereocenters. The third kappa shape index (κ3) is 4.28. The fourth-order valence-corrected chi connectivity index (χ4v) is 3.74. The van der Waals surface area contributed by atoms with Crippen molar-refractivity contribution in [3.8, 4) is 11.5 Å². The van der Waals surface area contributed by atoms with E-state index in [0.717, 1.165) is 50.0 Å². The Morgan fingerprint density at radius 3 is 2.44 bits per heavy atom. The minimum atomic E-state index is 0. The highest BCUT2D eigenvalue weighted by Gasteiger charge is 2.23. The van der Waals surface area contributed by atoms with E-state index in [9.17, 15) is 0 Å². The van der Waals surface area contributed by atoms with Gasteiger partial charge < -0.3 is 15.2 Å². The molecule has 1 heterocycles. The molecule has 2 N–H and O–H groups in total. The summed E-state index contributed by atoms with van der Waals surface area (Å²) in [6.45, 7) is 0. The summed E-state index contributed by atoms with van der Waals surface area (Å²) in [6.07, 6.45) is 6.76. The molecule has 0 amide bonds. The lowest BCUT2D eigenvalue weighted by atomic mass is 9.93. The van der Waals surface area contributed by atoms with Gasteiger partial charge >= 0.3 is 0 Å². The molecule has 1 aliphatic carbocycles. The van der Waals surface area contributed by atoms with Crippen LogP contribution in [0.1, 0.15) is 49.3 Å². The highest BCUT2D eigenvalue weighted by Crippen LogP contribution is 2.37. The van der Waals surface area contributed by atoms with Crippen LogP contribution in [-0.2, 0) is 6.42 Å². The van der Waals surface area contributed by atoms with Crippen LogP contribution < -0.4 is 15.2 Å². The Hall–Kier alpha value is -1.71. The number of hydrogen-bond donors (Lipinski definition) is 1. The Balaban J connectivity index is 0.00000182. The van der Waals surface area contributed by atoms with Crippen molar-refractivity contribution in [1.29, 1.82) is 0 Å². The Morgan fingerprint density at radius 2 is 1.68 bits per heavy atom. The molecule has 2 aromatic rings. The highest BCUT2D eigenvalue weighted by molar-refractivity contribution is 5.85. The lowest BCUT2D eigenvalue weighted by molar-refractivity contribution is 0.145. The third-order valence-corrected chi connectivity index (χ3v) is 5.17. The first kappa shape index (κ1) is 18.1. The fraction of sp³-hybridized carbons (Fsp3) is 0.429. The number of rotatable bonds is 3. The number of ether oxygens (including phenoxy) is 2. The van der Waals surface area contributed by atoms with Crippen molar-refractivity contribution in [3.63, 3.8) is 0 Å². The topological polar surface area (TPSA) is 44.5 Å². The largest absolute Gasteiger partial charge is 0.490 e. The molecule has 4 rings (SSSR count). The van der Waals surface area contributed by atoms with Gasteiger partial charge in [-0.25, -0.2) is 0 Å². The van der Waals surface area contributed by atoms with Gasteiger partial charge in [-0.15, -0.1) is 12.4 Å². The average Bonchev–Trinajstić information content (AvgIpc) is 2.64.